The van der Waals surface area contributed by atoms with E-state index in [1.54, 1.807) is 11.8 Å². The van der Waals surface area contributed by atoms with Gasteiger partial charge in [-0.1, -0.05) is 31.9 Å². The minimum absolute atomic E-state index is 0.129. The van der Waals surface area contributed by atoms with Crippen molar-refractivity contribution in [1.82, 2.24) is 20.6 Å². The molecular weight excluding hydrogens is 392 g/mol. The van der Waals surface area contributed by atoms with Gasteiger partial charge in [-0.25, -0.2) is 0 Å². The maximum Gasteiger partial charge on any atom is 0.186 e. The fourth-order valence-electron chi connectivity index (χ4n) is 4.63. The lowest BCUT2D eigenvalue weighted by molar-refractivity contribution is -0.316. The van der Waals surface area contributed by atoms with E-state index in [0.29, 0.717) is 0 Å². The highest BCUT2D eigenvalue weighted by molar-refractivity contribution is 7.99. The molecule has 3 N–H and O–H groups in total. The van der Waals surface area contributed by atoms with Crippen molar-refractivity contribution >= 4 is 11.8 Å². The van der Waals surface area contributed by atoms with Crippen LogP contribution in [0.25, 0.3) is 0 Å². The van der Waals surface area contributed by atoms with Gasteiger partial charge in [0, 0.05) is 18.1 Å². The summed E-state index contributed by atoms with van der Waals surface area (Å²) in [6, 6.07) is 0. The molecule has 0 aliphatic carbocycles. The fraction of sp³-hybridized carbons (Fsp3) is 0.950. The molecule has 4 rings (SSSR count). The number of thioether (sulfide) groups is 1. The van der Waals surface area contributed by atoms with Crippen molar-refractivity contribution < 1.29 is 19.7 Å². The number of ether oxygens (including phenoxy) is 2. The summed E-state index contributed by atoms with van der Waals surface area (Å²) in [5.74, 6) is 2.29. The smallest absolute Gasteiger partial charge is 0.186 e. The molecule has 3 aliphatic heterocycles. The van der Waals surface area contributed by atoms with Gasteiger partial charge in [-0.3, -0.25) is 0 Å². The van der Waals surface area contributed by atoms with E-state index in [1.807, 2.05) is 13.8 Å². The van der Waals surface area contributed by atoms with Gasteiger partial charge in [0.15, 0.2) is 12.1 Å². The number of rotatable bonds is 6. The van der Waals surface area contributed by atoms with Crippen LogP contribution in [0.3, 0.4) is 0 Å². The Balaban J connectivity index is 1.67. The molecule has 3 aliphatic rings. The molecule has 1 aromatic rings. The van der Waals surface area contributed by atoms with Crippen LogP contribution < -0.4 is 0 Å². The van der Waals surface area contributed by atoms with E-state index in [2.05, 4.69) is 34.5 Å². The van der Waals surface area contributed by atoms with Crippen molar-refractivity contribution in [3.63, 3.8) is 0 Å². The Morgan fingerprint density at radius 2 is 1.90 bits per heavy atom. The predicted octanol–water partition coefficient (Wildman–Crippen LogP) is 2.32. The molecule has 5 unspecified atom stereocenters. The summed E-state index contributed by atoms with van der Waals surface area (Å²) in [4.78, 5) is 0. The zero-order valence-corrected chi connectivity index (χ0v) is 18.8. The lowest BCUT2D eigenvalue weighted by Gasteiger charge is -2.49. The van der Waals surface area contributed by atoms with E-state index in [1.165, 1.54) is 0 Å². The molecular formula is C20H36N4O4S. The van der Waals surface area contributed by atoms with Gasteiger partial charge >= 0.3 is 0 Å². The number of H-pyrrole nitrogens is 1. The molecule has 5 atom stereocenters. The maximum absolute atomic E-state index is 11.0. The lowest BCUT2D eigenvalue weighted by atomic mass is 9.68. The van der Waals surface area contributed by atoms with Crippen molar-refractivity contribution in [2.45, 2.75) is 96.4 Å². The first-order valence-electron chi connectivity index (χ1n) is 10.7. The van der Waals surface area contributed by atoms with Gasteiger partial charge in [-0.15, -0.1) is 10.2 Å². The average molecular weight is 429 g/mol. The van der Waals surface area contributed by atoms with E-state index in [0.717, 1.165) is 55.9 Å². The monoisotopic (exact) mass is 428 g/mol. The average Bonchev–Trinajstić information content (AvgIpc) is 3.14. The molecule has 1 aromatic heterocycles. The third-order valence-electron chi connectivity index (χ3n) is 6.25. The van der Waals surface area contributed by atoms with Crippen LogP contribution in [0.2, 0.25) is 0 Å². The van der Waals surface area contributed by atoms with Crippen LogP contribution in [0.5, 0.6) is 0 Å². The number of aromatic amines is 1. The standard InChI is InChI=1S/C20H36N4O4S/c1-19(2)9-5-6-10-20(3,4)28-18-17(26)16(25)15(19)13(27-18)12-29-11-7-8-14-21-23-24-22-14/h13,15-18,25-26H,5-12H2,1-4H3,(H,21,22,23,24). The van der Waals surface area contributed by atoms with Gasteiger partial charge in [0.05, 0.1) is 17.8 Å². The van der Waals surface area contributed by atoms with E-state index in [-0.39, 0.29) is 17.4 Å². The van der Waals surface area contributed by atoms with Crippen LogP contribution >= 0.6 is 11.8 Å². The first-order chi connectivity index (χ1) is 13.7. The number of hydrogen-bond donors (Lipinski definition) is 3. The van der Waals surface area contributed by atoms with E-state index in [9.17, 15) is 10.2 Å². The van der Waals surface area contributed by atoms with Gasteiger partial charge in [0.1, 0.15) is 6.10 Å². The summed E-state index contributed by atoms with van der Waals surface area (Å²) >= 11 is 1.80. The first-order valence-corrected chi connectivity index (χ1v) is 11.8. The molecule has 0 aromatic carbocycles. The van der Waals surface area contributed by atoms with E-state index >= 15 is 0 Å². The molecule has 0 radical (unpaired) electrons. The Morgan fingerprint density at radius 1 is 1.14 bits per heavy atom. The molecule has 0 amide bonds. The van der Waals surface area contributed by atoms with Gasteiger partial charge in [0.25, 0.3) is 0 Å². The zero-order chi connectivity index (χ0) is 21.1. The van der Waals surface area contributed by atoms with E-state index < -0.39 is 24.1 Å². The highest BCUT2D eigenvalue weighted by Gasteiger charge is 2.51. The summed E-state index contributed by atoms with van der Waals surface area (Å²) in [5, 5.41) is 35.8. The quantitative estimate of drug-likeness (QED) is 0.592. The van der Waals surface area contributed by atoms with Crippen LogP contribution in [-0.4, -0.2) is 72.5 Å². The molecule has 8 nitrogen and oxygen atoms in total. The van der Waals surface area contributed by atoms with Gasteiger partial charge < -0.3 is 19.7 Å². The lowest BCUT2D eigenvalue weighted by Crippen LogP contribution is -2.60. The molecule has 4 heterocycles. The Hall–Kier alpha value is -0.740. The second kappa shape index (κ2) is 9.60. The third kappa shape index (κ3) is 5.91. The van der Waals surface area contributed by atoms with Gasteiger partial charge in [-0.2, -0.15) is 17.0 Å². The highest BCUT2D eigenvalue weighted by atomic mass is 32.2. The van der Waals surface area contributed by atoms with Crippen LogP contribution in [0.1, 0.15) is 65.6 Å². The molecule has 3 fully saturated rings. The number of aliphatic hydroxyl groups excluding tert-OH is 2. The van der Waals surface area contributed by atoms with Crippen molar-refractivity contribution in [1.29, 1.82) is 0 Å². The Bertz CT molecular complexity index is 626. The largest absolute Gasteiger partial charge is 0.390 e. The summed E-state index contributed by atoms with van der Waals surface area (Å²) in [5.41, 5.74) is -0.523. The van der Waals surface area contributed by atoms with Crippen molar-refractivity contribution in [3.8, 4) is 0 Å². The number of nitrogens with zero attached hydrogens (tertiary/aromatic N) is 3. The third-order valence-corrected chi connectivity index (χ3v) is 7.40. The van der Waals surface area contributed by atoms with Crippen LogP contribution in [0.15, 0.2) is 0 Å². The van der Waals surface area contributed by atoms with Crippen LogP contribution in [0, 0.1) is 11.3 Å². The minimum atomic E-state index is -1.03. The fourth-order valence-corrected chi connectivity index (χ4v) is 5.66. The molecule has 9 heteroatoms. The topological polar surface area (TPSA) is 113 Å². The number of fused-ring (bicyclic) bond motifs is 8. The highest BCUT2D eigenvalue weighted by Crippen LogP contribution is 2.45. The van der Waals surface area contributed by atoms with Crippen molar-refractivity contribution in [2.75, 3.05) is 11.5 Å². The van der Waals surface area contributed by atoms with Gasteiger partial charge in [0.2, 0.25) is 0 Å². The van der Waals surface area contributed by atoms with Crippen molar-refractivity contribution in [3.05, 3.63) is 5.82 Å². The Morgan fingerprint density at radius 3 is 2.62 bits per heavy atom. The number of nitrogens with one attached hydrogen (secondary N) is 1. The second-order valence-electron chi connectivity index (χ2n) is 9.63. The molecule has 29 heavy (non-hydrogen) atoms. The van der Waals surface area contributed by atoms with Crippen LogP contribution in [0.4, 0.5) is 0 Å². The number of tetrazole rings is 1. The van der Waals surface area contributed by atoms with Crippen molar-refractivity contribution in [2.24, 2.45) is 11.3 Å². The second-order valence-corrected chi connectivity index (χ2v) is 10.8. The molecule has 0 saturated carbocycles. The Labute approximate surface area is 177 Å². The van der Waals surface area contributed by atoms with E-state index in [4.69, 9.17) is 9.47 Å². The number of aliphatic hydroxyl groups is 2. The number of aromatic nitrogens is 4. The molecule has 2 bridgehead atoms. The molecule has 3 saturated heterocycles. The molecule has 0 spiro atoms. The number of aryl methyl sites for hydroxylation is 1. The predicted molar refractivity (Wildman–Crippen MR) is 111 cm³/mol. The van der Waals surface area contributed by atoms with Gasteiger partial charge in [-0.05, 0) is 44.3 Å². The Kier molecular flexibility index (Phi) is 7.59. The summed E-state index contributed by atoms with van der Waals surface area (Å²) in [6.07, 6.45) is 2.92. The zero-order valence-electron chi connectivity index (χ0n) is 18.0. The normalized spacial score (nSPS) is 34.6. The SMILES string of the molecule is CC1(C)CCCCC(C)(C)C2C(CSCCCc3nn[nH]n3)OC(O1)C(O)C2O. The minimum Gasteiger partial charge on any atom is -0.390 e. The molecule has 166 valence electrons. The summed E-state index contributed by atoms with van der Waals surface area (Å²) in [6.45, 7) is 8.45. The number of hydrogen-bond acceptors (Lipinski definition) is 8. The first kappa shape index (κ1) is 22.9. The summed E-state index contributed by atoms with van der Waals surface area (Å²) < 4.78 is 12.4. The maximum atomic E-state index is 11.0. The summed E-state index contributed by atoms with van der Waals surface area (Å²) in [7, 11) is 0. The van der Waals surface area contributed by atoms with Crippen LogP contribution in [-0.2, 0) is 15.9 Å².